The predicted octanol–water partition coefficient (Wildman–Crippen LogP) is 2.20. The van der Waals surface area contributed by atoms with E-state index in [1.807, 2.05) is 33.9 Å². The second-order valence-electron chi connectivity index (χ2n) is 6.28. The first-order valence-electron chi connectivity index (χ1n) is 7.81. The van der Waals surface area contributed by atoms with Gasteiger partial charge < -0.3 is 15.7 Å². The van der Waals surface area contributed by atoms with Crippen LogP contribution in [0.4, 0.5) is 10.5 Å². The molecule has 0 aliphatic carbocycles. The molecule has 0 fully saturated rings. The van der Waals surface area contributed by atoms with Crippen molar-refractivity contribution in [2.45, 2.75) is 39.7 Å². The van der Waals surface area contributed by atoms with Crippen LogP contribution in [0.3, 0.4) is 0 Å². The summed E-state index contributed by atoms with van der Waals surface area (Å²) in [5.74, 6) is 0.0962. The van der Waals surface area contributed by atoms with Gasteiger partial charge in [-0.3, -0.25) is 4.68 Å². The molecule has 2 rings (SSSR count). The van der Waals surface area contributed by atoms with Crippen molar-refractivity contribution < 1.29 is 9.90 Å². The molecule has 7 heteroatoms. The molecule has 0 saturated carbocycles. The molecule has 2 atom stereocenters. The van der Waals surface area contributed by atoms with Crippen molar-refractivity contribution in [2.75, 3.05) is 11.9 Å². The highest BCUT2D eigenvalue weighted by Gasteiger charge is 2.27. The van der Waals surface area contributed by atoms with Crippen molar-refractivity contribution in [1.29, 1.82) is 0 Å². The van der Waals surface area contributed by atoms with E-state index >= 15 is 0 Å². The van der Waals surface area contributed by atoms with Crippen molar-refractivity contribution in [3.8, 4) is 0 Å². The number of anilines is 1. The molecule has 0 aliphatic rings. The molecule has 0 radical (unpaired) electrons. The van der Waals surface area contributed by atoms with Gasteiger partial charge in [-0.15, -0.1) is 0 Å². The zero-order valence-corrected chi connectivity index (χ0v) is 14.3. The molecule has 2 aromatic heterocycles. The van der Waals surface area contributed by atoms with Gasteiger partial charge in [0.1, 0.15) is 0 Å². The third kappa shape index (κ3) is 3.79. The van der Waals surface area contributed by atoms with E-state index in [1.54, 1.807) is 17.8 Å². The zero-order valence-electron chi connectivity index (χ0n) is 14.3. The molecule has 2 amide bonds. The second kappa shape index (κ2) is 6.54. The molecule has 2 heterocycles. The molecular weight excluding hydrogens is 294 g/mol. The van der Waals surface area contributed by atoms with Gasteiger partial charge in [-0.05, 0) is 25.8 Å². The zero-order chi connectivity index (χ0) is 17.2. The van der Waals surface area contributed by atoms with E-state index < -0.39 is 5.60 Å². The minimum absolute atomic E-state index is 0.0962. The SMILES string of the molecule is CCC(C)C(C)(O)CNC(=O)Nc1cnc2c(c1)c(C)nn2C. The summed E-state index contributed by atoms with van der Waals surface area (Å²) < 4.78 is 1.71. The number of carbonyl (C=O) groups is 1. The van der Waals surface area contributed by atoms with Crippen LogP contribution in [0.1, 0.15) is 32.9 Å². The lowest BCUT2D eigenvalue weighted by atomic mass is 9.89. The van der Waals surface area contributed by atoms with Crippen LogP contribution in [0, 0.1) is 12.8 Å². The Hall–Kier alpha value is -2.15. The summed E-state index contributed by atoms with van der Waals surface area (Å²) in [6.45, 7) is 7.79. The lowest BCUT2D eigenvalue weighted by molar-refractivity contribution is 0.00827. The Kier molecular flexibility index (Phi) is 4.89. The molecule has 126 valence electrons. The van der Waals surface area contributed by atoms with Gasteiger partial charge >= 0.3 is 6.03 Å². The number of aliphatic hydroxyl groups is 1. The molecule has 2 unspecified atom stereocenters. The van der Waals surface area contributed by atoms with Crippen molar-refractivity contribution in [1.82, 2.24) is 20.1 Å². The quantitative estimate of drug-likeness (QED) is 0.788. The minimum atomic E-state index is -0.936. The van der Waals surface area contributed by atoms with Crippen LogP contribution in [0.15, 0.2) is 12.3 Å². The van der Waals surface area contributed by atoms with E-state index in [0.717, 1.165) is 23.1 Å². The molecule has 0 spiro atoms. The molecule has 23 heavy (non-hydrogen) atoms. The summed E-state index contributed by atoms with van der Waals surface area (Å²) in [6, 6.07) is 1.48. The van der Waals surface area contributed by atoms with E-state index in [2.05, 4.69) is 20.7 Å². The molecule has 2 aromatic rings. The summed E-state index contributed by atoms with van der Waals surface area (Å²) in [7, 11) is 1.83. The van der Waals surface area contributed by atoms with E-state index in [0.29, 0.717) is 5.69 Å². The third-order valence-corrected chi connectivity index (χ3v) is 4.40. The first kappa shape index (κ1) is 17.2. The van der Waals surface area contributed by atoms with Crippen LogP contribution in [0.2, 0.25) is 0 Å². The Morgan fingerprint density at radius 2 is 2.22 bits per heavy atom. The molecule has 0 aromatic carbocycles. The van der Waals surface area contributed by atoms with Crippen molar-refractivity contribution in [3.05, 3.63) is 18.0 Å². The molecule has 0 bridgehead atoms. The van der Waals surface area contributed by atoms with Gasteiger partial charge in [0, 0.05) is 19.0 Å². The van der Waals surface area contributed by atoms with Gasteiger partial charge in [0.2, 0.25) is 0 Å². The summed E-state index contributed by atoms with van der Waals surface area (Å²) in [5.41, 5.74) is 1.29. The van der Waals surface area contributed by atoms with E-state index in [-0.39, 0.29) is 18.5 Å². The number of hydrogen-bond acceptors (Lipinski definition) is 4. The first-order valence-corrected chi connectivity index (χ1v) is 7.81. The first-order chi connectivity index (χ1) is 10.7. The maximum atomic E-state index is 12.0. The van der Waals surface area contributed by atoms with Gasteiger partial charge in [-0.25, -0.2) is 9.78 Å². The van der Waals surface area contributed by atoms with Crippen LogP contribution in [-0.2, 0) is 7.05 Å². The standard InChI is InChI=1S/C16H25N5O2/c1-6-10(2)16(4,23)9-18-15(22)19-12-7-13-11(3)20-21(5)14(13)17-8-12/h7-8,10,23H,6,9H2,1-5H3,(H2,18,19,22). The Morgan fingerprint density at radius 1 is 1.52 bits per heavy atom. The van der Waals surface area contributed by atoms with Gasteiger partial charge in [-0.2, -0.15) is 5.10 Å². The number of rotatable bonds is 5. The van der Waals surface area contributed by atoms with E-state index in [9.17, 15) is 9.90 Å². The fourth-order valence-corrected chi connectivity index (χ4v) is 2.42. The predicted molar refractivity (Wildman–Crippen MR) is 90.3 cm³/mol. The lowest BCUT2D eigenvalue weighted by Gasteiger charge is -2.29. The van der Waals surface area contributed by atoms with Crippen LogP contribution in [0.5, 0.6) is 0 Å². The molecule has 0 saturated heterocycles. The van der Waals surface area contributed by atoms with Gasteiger partial charge in [-0.1, -0.05) is 20.3 Å². The molecule has 3 N–H and O–H groups in total. The van der Waals surface area contributed by atoms with Crippen LogP contribution in [0.25, 0.3) is 11.0 Å². The highest BCUT2D eigenvalue weighted by molar-refractivity contribution is 5.92. The number of aromatic nitrogens is 3. The van der Waals surface area contributed by atoms with Crippen molar-refractivity contribution in [3.63, 3.8) is 0 Å². The Balaban J connectivity index is 2.02. The maximum absolute atomic E-state index is 12.0. The number of aryl methyl sites for hydroxylation is 2. The van der Waals surface area contributed by atoms with Crippen molar-refractivity contribution >= 4 is 22.8 Å². The third-order valence-electron chi connectivity index (χ3n) is 4.40. The Morgan fingerprint density at radius 3 is 2.87 bits per heavy atom. The largest absolute Gasteiger partial charge is 0.388 e. The minimum Gasteiger partial charge on any atom is -0.388 e. The lowest BCUT2D eigenvalue weighted by Crippen LogP contribution is -2.46. The Labute approximate surface area is 136 Å². The van der Waals surface area contributed by atoms with E-state index in [1.165, 1.54) is 0 Å². The second-order valence-corrected chi connectivity index (χ2v) is 6.28. The number of pyridine rings is 1. The summed E-state index contributed by atoms with van der Waals surface area (Å²) in [4.78, 5) is 16.3. The summed E-state index contributed by atoms with van der Waals surface area (Å²) >= 11 is 0. The van der Waals surface area contributed by atoms with Gasteiger partial charge in [0.15, 0.2) is 5.65 Å². The van der Waals surface area contributed by atoms with E-state index in [4.69, 9.17) is 0 Å². The highest BCUT2D eigenvalue weighted by Crippen LogP contribution is 2.20. The fraction of sp³-hybridized carbons (Fsp3) is 0.562. The number of nitrogens with zero attached hydrogens (tertiary/aromatic N) is 3. The number of urea groups is 1. The molecule has 7 nitrogen and oxygen atoms in total. The normalized spacial score (nSPS) is 15.2. The Bertz CT molecular complexity index is 708. The summed E-state index contributed by atoms with van der Waals surface area (Å²) in [6.07, 6.45) is 2.44. The highest BCUT2D eigenvalue weighted by atomic mass is 16.3. The number of fused-ring (bicyclic) bond motifs is 1. The van der Waals surface area contributed by atoms with Crippen LogP contribution < -0.4 is 10.6 Å². The molecular formula is C16H25N5O2. The average molecular weight is 319 g/mol. The smallest absolute Gasteiger partial charge is 0.319 e. The topological polar surface area (TPSA) is 92.1 Å². The van der Waals surface area contributed by atoms with Gasteiger partial charge in [0.05, 0.1) is 23.2 Å². The molecule has 0 aliphatic heterocycles. The van der Waals surface area contributed by atoms with Gasteiger partial charge in [0.25, 0.3) is 0 Å². The van der Waals surface area contributed by atoms with Crippen molar-refractivity contribution in [2.24, 2.45) is 13.0 Å². The fourth-order valence-electron chi connectivity index (χ4n) is 2.42. The number of carbonyl (C=O) groups excluding carboxylic acids is 1. The average Bonchev–Trinajstić information content (AvgIpc) is 2.79. The number of hydrogen-bond donors (Lipinski definition) is 3. The monoisotopic (exact) mass is 319 g/mol. The number of amides is 2. The maximum Gasteiger partial charge on any atom is 0.319 e. The van der Waals surface area contributed by atoms with Crippen LogP contribution >= 0.6 is 0 Å². The van der Waals surface area contributed by atoms with Crippen LogP contribution in [-0.4, -0.2) is 38.0 Å². The number of nitrogens with one attached hydrogen (secondary N) is 2. The summed E-state index contributed by atoms with van der Waals surface area (Å²) in [5, 5.41) is 21.0.